The number of fused-ring (bicyclic) bond motifs is 1. The monoisotopic (exact) mass is 291 g/mol. The summed E-state index contributed by atoms with van der Waals surface area (Å²) in [5.41, 5.74) is 7.66. The van der Waals surface area contributed by atoms with Gasteiger partial charge < -0.3 is 20.3 Å². The summed E-state index contributed by atoms with van der Waals surface area (Å²) in [7, 11) is 1.68. The molecule has 2 aliphatic rings. The topological polar surface area (TPSA) is 64.7 Å². The van der Waals surface area contributed by atoms with Gasteiger partial charge in [0.25, 0.3) is 0 Å². The van der Waals surface area contributed by atoms with Gasteiger partial charge in [0.15, 0.2) is 0 Å². The molecular formula is C17H25NO3. The number of methoxy groups -OCH3 is 1. The number of aliphatic hydroxyl groups is 1. The highest BCUT2D eigenvalue weighted by atomic mass is 16.5. The third-order valence-electron chi connectivity index (χ3n) is 5.53. The molecule has 1 heterocycles. The summed E-state index contributed by atoms with van der Waals surface area (Å²) in [6, 6.07) is 6.17. The van der Waals surface area contributed by atoms with Crippen LogP contribution in [0.5, 0.6) is 5.75 Å². The Morgan fingerprint density at radius 3 is 2.67 bits per heavy atom. The molecule has 1 aliphatic carbocycles. The largest absolute Gasteiger partial charge is 0.497 e. The van der Waals surface area contributed by atoms with Gasteiger partial charge in [-0.25, -0.2) is 0 Å². The zero-order valence-electron chi connectivity index (χ0n) is 12.7. The van der Waals surface area contributed by atoms with Crippen molar-refractivity contribution in [1.29, 1.82) is 0 Å². The number of hydrogen-bond acceptors (Lipinski definition) is 4. The summed E-state index contributed by atoms with van der Waals surface area (Å²) in [5.74, 6) is 0.853. The number of ether oxygens (including phenoxy) is 2. The number of aryl methyl sites for hydroxylation is 1. The lowest BCUT2D eigenvalue weighted by Crippen LogP contribution is -2.57. The van der Waals surface area contributed by atoms with Crippen molar-refractivity contribution in [2.75, 3.05) is 26.9 Å². The smallest absolute Gasteiger partial charge is 0.119 e. The van der Waals surface area contributed by atoms with Gasteiger partial charge >= 0.3 is 0 Å². The molecule has 1 aromatic carbocycles. The summed E-state index contributed by atoms with van der Waals surface area (Å²) < 4.78 is 10.8. The molecule has 0 radical (unpaired) electrons. The first-order valence-corrected chi connectivity index (χ1v) is 7.78. The highest BCUT2D eigenvalue weighted by Gasteiger charge is 2.51. The molecule has 1 saturated heterocycles. The molecule has 116 valence electrons. The van der Waals surface area contributed by atoms with Crippen molar-refractivity contribution >= 4 is 0 Å². The molecule has 1 aromatic rings. The van der Waals surface area contributed by atoms with Gasteiger partial charge in [-0.3, -0.25) is 0 Å². The molecule has 1 fully saturated rings. The molecule has 0 bridgehead atoms. The van der Waals surface area contributed by atoms with E-state index in [2.05, 4.69) is 12.1 Å². The quantitative estimate of drug-likeness (QED) is 0.889. The molecule has 0 spiro atoms. The Kier molecular flexibility index (Phi) is 3.95. The third kappa shape index (κ3) is 2.45. The van der Waals surface area contributed by atoms with E-state index in [0.29, 0.717) is 26.2 Å². The van der Waals surface area contributed by atoms with E-state index >= 15 is 0 Å². The van der Waals surface area contributed by atoms with Crippen molar-refractivity contribution in [2.45, 2.75) is 37.7 Å². The highest BCUT2D eigenvalue weighted by molar-refractivity contribution is 5.39. The molecule has 0 aromatic heterocycles. The summed E-state index contributed by atoms with van der Waals surface area (Å²) in [6.07, 6.45) is 4.04. The van der Waals surface area contributed by atoms with E-state index in [1.54, 1.807) is 7.11 Å². The second-order valence-corrected chi connectivity index (χ2v) is 6.44. The summed E-state index contributed by atoms with van der Waals surface area (Å²) in [6.45, 7) is 1.92. The Hall–Kier alpha value is -1.10. The van der Waals surface area contributed by atoms with Crippen molar-refractivity contribution in [1.82, 2.24) is 0 Å². The first-order chi connectivity index (χ1) is 10.1. The zero-order valence-corrected chi connectivity index (χ0v) is 12.7. The maximum Gasteiger partial charge on any atom is 0.119 e. The fraction of sp³-hybridized carbons (Fsp3) is 0.647. The fourth-order valence-electron chi connectivity index (χ4n) is 3.96. The number of benzene rings is 1. The molecule has 1 aliphatic heterocycles. The fourth-order valence-corrected chi connectivity index (χ4v) is 3.96. The highest BCUT2D eigenvalue weighted by Crippen LogP contribution is 2.47. The van der Waals surface area contributed by atoms with Crippen LogP contribution in [-0.4, -0.2) is 37.6 Å². The average Bonchev–Trinajstić information content (AvgIpc) is 2.54. The van der Waals surface area contributed by atoms with Crippen molar-refractivity contribution in [3.63, 3.8) is 0 Å². The van der Waals surface area contributed by atoms with E-state index in [9.17, 15) is 5.11 Å². The van der Waals surface area contributed by atoms with Crippen LogP contribution < -0.4 is 10.5 Å². The second kappa shape index (κ2) is 5.59. The predicted octanol–water partition coefficient (Wildman–Crippen LogP) is 1.67. The molecule has 4 nitrogen and oxygen atoms in total. The van der Waals surface area contributed by atoms with Gasteiger partial charge in [0.2, 0.25) is 0 Å². The first kappa shape index (κ1) is 14.8. The minimum Gasteiger partial charge on any atom is -0.497 e. The van der Waals surface area contributed by atoms with Gasteiger partial charge in [-0.15, -0.1) is 0 Å². The summed E-state index contributed by atoms with van der Waals surface area (Å²) in [4.78, 5) is 0. The Bertz CT molecular complexity index is 511. The molecule has 4 heteroatoms. The molecule has 21 heavy (non-hydrogen) atoms. The lowest BCUT2D eigenvalue weighted by atomic mass is 9.60. The van der Waals surface area contributed by atoms with E-state index in [1.807, 2.05) is 6.07 Å². The SMILES string of the molecule is COc1ccc2c(c1)CC(O)(C1(CN)CCOCC1)CC2. The van der Waals surface area contributed by atoms with E-state index in [-0.39, 0.29) is 5.41 Å². The van der Waals surface area contributed by atoms with E-state index in [4.69, 9.17) is 15.2 Å². The van der Waals surface area contributed by atoms with Crippen LogP contribution in [0.3, 0.4) is 0 Å². The van der Waals surface area contributed by atoms with E-state index < -0.39 is 5.60 Å². The van der Waals surface area contributed by atoms with Crippen molar-refractivity contribution in [3.8, 4) is 5.75 Å². The molecule has 1 unspecified atom stereocenters. The van der Waals surface area contributed by atoms with Gasteiger partial charge in [0.1, 0.15) is 5.75 Å². The predicted molar refractivity (Wildman–Crippen MR) is 81.5 cm³/mol. The van der Waals surface area contributed by atoms with Crippen LogP contribution in [0.25, 0.3) is 0 Å². The van der Waals surface area contributed by atoms with Crippen LogP contribution in [0.15, 0.2) is 18.2 Å². The molecule has 0 saturated carbocycles. The van der Waals surface area contributed by atoms with Gasteiger partial charge in [-0.1, -0.05) is 6.07 Å². The van der Waals surface area contributed by atoms with Crippen LogP contribution >= 0.6 is 0 Å². The maximum absolute atomic E-state index is 11.4. The van der Waals surface area contributed by atoms with E-state index in [1.165, 1.54) is 11.1 Å². The van der Waals surface area contributed by atoms with Crippen molar-refractivity contribution in [3.05, 3.63) is 29.3 Å². The van der Waals surface area contributed by atoms with Crippen LogP contribution in [0, 0.1) is 5.41 Å². The van der Waals surface area contributed by atoms with Crippen LogP contribution in [-0.2, 0) is 17.6 Å². The van der Waals surface area contributed by atoms with Gasteiger partial charge in [-0.2, -0.15) is 0 Å². The van der Waals surface area contributed by atoms with Crippen molar-refractivity contribution < 1.29 is 14.6 Å². The van der Waals surface area contributed by atoms with E-state index in [0.717, 1.165) is 31.4 Å². The van der Waals surface area contributed by atoms with Crippen LogP contribution in [0.4, 0.5) is 0 Å². The molecular weight excluding hydrogens is 266 g/mol. The Morgan fingerprint density at radius 2 is 2.00 bits per heavy atom. The Balaban J connectivity index is 1.92. The first-order valence-electron chi connectivity index (χ1n) is 7.78. The average molecular weight is 291 g/mol. The van der Waals surface area contributed by atoms with Gasteiger partial charge in [-0.05, 0) is 48.9 Å². The van der Waals surface area contributed by atoms with Crippen LogP contribution in [0.2, 0.25) is 0 Å². The summed E-state index contributed by atoms with van der Waals surface area (Å²) >= 11 is 0. The Labute approximate surface area is 126 Å². The minimum absolute atomic E-state index is 0.216. The van der Waals surface area contributed by atoms with Gasteiger partial charge in [0, 0.05) is 31.6 Å². The van der Waals surface area contributed by atoms with Crippen LogP contribution in [0.1, 0.15) is 30.4 Å². The Morgan fingerprint density at radius 1 is 1.24 bits per heavy atom. The minimum atomic E-state index is -0.731. The standard InChI is InChI=1S/C17H25NO3/c1-20-15-3-2-13-4-5-17(19,11-14(13)10-15)16(12-18)6-8-21-9-7-16/h2-3,10,19H,4-9,11-12,18H2,1H3. The van der Waals surface area contributed by atoms with Gasteiger partial charge in [0.05, 0.1) is 12.7 Å². The number of hydrogen-bond donors (Lipinski definition) is 2. The van der Waals surface area contributed by atoms with Crippen molar-refractivity contribution in [2.24, 2.45) is 11.1 Å². The molecule has 1 atom stereocenters. The molecule has 3 rings (SSSR count). The third-order valence-corrected chi connectivity index (χ3v) is 5.53. The summed E-state index contributed by atoms with van der Waals surface area (Å²) in [5, 5.41) is 11.4. The molecule has 0 amide bonds. The maximum atomic E-state index is 11.4. The lowest BCUT2D eigenvalue weighted by Gasteiger charge is -2.51. The number of rotatable bonds is 3. The lowest BCUT2D eigenvalue weighted by molar-refractivity contribution is -0.135. The second-order valence-electron chi connectivity index (χ2n) is 6.44. The zero-order chi connectivity index (χ0) is 14.9. The molecule has 3 N–H and O–H groups in total. The normalized spacial score (nSPS) is 28.0. The number of nitrogens with two attached hydrogens (primary N) is 1.